The Balaban J connectivity index is 2.17. The maximum Gasteiger partial charge on any atom is 0.185 e. The molecule has 0 saturated heterocycles. The lowest BCUT2D eigenvalue weighted by Crippen LogP contribution is -1.89. The number of hydrogen-bond donors (Lipinski definition) is 0. The molecule has 4 nitrogen and oxygen atoms in total. The Morgan fingerprint density at radius 1 is 1.26 bits per heavy atom. The van der Waals surface area contributed by atoms with Crippen LogP contribution in [0.3, 0.4) is 0 Å². The van der Waals surface area contributed by atoms with Gasteiger partial charge in [0.2, 0.25) is 0 Å². The number of aldehydes is 1. The third-order valence-corrected chi connectivity index (χ3v) is 2.92. The van der Waals surface area contributed by atoms with Crippen LogP contribution in [0.1, 0.15) is 10.6 Å². The molecule has 3 aromatic rings. The van der Waals surface area contributed by atoms with Crippen molar-refractivity contribution in [2.45, 2.75) is 0 Å². The number of ether oxygens (including phenoxy) is 1. The first-order chi connectivity index (χ1) is 9.31. The van der Waals surface area contributed by atoms with E-state index in [1.807, 2.05) is 24.3 Å². The molecule has 4 heteroatoms. The minimum Gasteiger partial charge on any atom is -0.496 e. The summed E-state index contributed by atoms with van der Waals surface area (Å²) < 4.78 is 10.7. The van der Waals surface area contributed by atoms with E-state index in [1.54, 1.807) is 25.4 Å². The lowest BCUT2D eigenvalue weighted by molar-refractivity contribution is 0.110. The van der Waals surface area contributed by atoms with Gasteiger partial charge in [-0.05, 0) is 18.2 Å². The number of benzene rings is 1. The fourth-order valence-corrected chi connectivity index (χ4v) is 2.02. The summed E-state index contributed by atoms with van der Waals surface area (Å²) in [5.74, 6) is 1.05. The zero-order valence-corrected chi connectivity index (χ0v) is 10.3. The fourth-order valence-electron chi connectivity index (χ4n) is 2.02. The van der Waals surface area contributed by atoms with Crippen molar-refractivity contribution < 1.29 is 13.9 Å². The molecule has 0 N–H and O–H groups in total. The number of methoxy groups -OCH3 is 1. The van der Waals surface area contributed by atoms with Crippen LogP contribution < -0.4 is 4.74 Å². The Kier molecular flexibility index (Phi) is 2.76. The number of aromatic nitrogens is 1. The Morgan fingerprint density at radius 3 is 2.89 bits per heavy atom. The maximum atomic E-state index is 10.7. The van der Waals surface area contributed by atoms with Crippen molar-refractivity contribution in [3.8, 4) is 17.0 Å². The summed E-state index contributed by atoms with van der Waals surface area (Å²) in [5, 5.41) is 0.806. The summed E-state index contributed by atoms with van der Waals surface area (Å²) in [6.07, 6.45) is 2.37. The van der Waals surface area contributed by atoms with Crippen LogP contribution in [0.15, 0.2) is 47.0 Å². The maximum absolute atomic E-state index is 10.7. The molecule has 3 rings (SSSR count). The molecule has 0 aliphatic heterocycles. The lowest BCUT2D eigenvalue weighted by atomic mass is 10.1. The lowest BCUT2D eigenvalue weighted by Gasteiger charge is -2.06. The Bertz CT molecular complexity index is 746. The van der Waals surface area contributed by atoms with Crippen LogP contribution in [0.4, 0.5) is 0 Å². The van der Waals surface area contributed by atoms with Gasteiger partial charge in [-0.3, -0.25) is 9.78 Å². The first kappa shape index (κ1) is 11.5. The summed E-state index contributed by atoms with van der Waals surface area (Å²) in [5.41, 5.74) is 2.27. The van der Waals surface area contributed by atoms with Gasteiger partial charge < -0.3 is 9.15 Å². The second-order valence-electron chi connectivity index (χ2n) is 4.07. The van der Waals surface area contributed by atoms with Gasteiger partial charge in [-0.25, -0.2) is 0 Å². The summed E-state index contributed by atoms with van der Waals surface area (Å²) in [4.78, 5) is 15.1. The Labute approximate surface area is 109 Å². The first-order valence-electron chi connectivity index (χ1n) is 5.80. The van der Waals surface area contributed by atoms with Crippen molar-refractivity contribution in [3.63, 3.8) is 0 Å². The van der Waals surface area contributed by atoms with E-state index in [-0.39, 0.29) is 0 Å². The van der Waals surface area contributed by atoms with E-state index in [2.05, 4.69) is 4.98 Å². The van der Waals surface area contributed by atoms with E-state index >= 15 is 0 Å². The fraction of sp³-hybridized carbons (Fsp3) is 0.0667. The van der Waals surface area contributed by atoms with E-state index < -0.39 is 0 Å². The van der Waals surface area contributed by atoms with Crippen LogP contribution in [-0.4, -0.2) is 18.4 Å². The number of carbonyl (C=O) groups excluding carboxylic acids is 1. The molecule has 1 aromatic carbocycles. The van der Waals surface area contributed by atoms with Crippen LogP contribution in [0.5, 0.6) is 5.75 Å². The molecule has 0 bridgehead atoms. The number of pyridine rings is 1. The molecule has 2 aromatic heterocycles. The van der Waals surface area contributed by atoms with Crippen molar-refractivity contribution in [1.82, 2.24) is 4.98 Å². The van der Waals surface area contributed by atoms with Gasteiger partial charge in [0.25, 0.3) is 0 Å². The summed E-state index contributed by atoms with van der Waals surface area (Å²) in [6, 6.07) is 11.1. The highest BCUT2D eigenvalue weighted by Gasteiger charge is 2.09. The second kappa shape index (κ2) is 4.57. The number of rotatable bonds is 3. The number of nitrogens with zero attached hydrogens (tertiary/aromatic N) is 1. The summed E-state index contributed by atoms with van der Waals surface area (Å²) in [7, 11) is 1.62. The summed E-state index contributed by atoms with van der Waals surface area (Å²) in [6.45, 7) is 0. The zero-order chi connectivity index (χ0) is 13.2. The first-order valence-corrected chi connectivity index (χ1v) is 5.80. The normalized spacial score (nSPS) is 10.6. The number of fused-ring (bicyclic) bond motifs is 1. The molecule has 0 unspecified atom stereocenters. The van der Waals surface area contributed by atoms with Crippen LogP contribution in [-0.2, 0) is 0 Å². The number of hydrogen-bond acceptors (Lipinski definition) is 4. The molecule has 19 heavy (non-hydrogen) atoms. The number of para-hydroxylation sites is 1. The molecule has 0 radical (unpaired) electrons. The van der Waals surface area contributed by atoms with Crippen molar-refractivity contribution in [2.24, 2.45) is 0 Å². The quantitative estimate of drug-likeness (QED) is 0.672. The van der Waals surface area contributed by atoms with E-state index in [4.69, 9.17) is 9.15 Å². The molecule has 0 amide bonds. The van der Waals surface area contributed by atoms with Crippen molar-refractivity contribution in [2.75, 3.05) is 7.11 Å². The van der Waals surface area contributed by atoms with E-state index in [9.17, 15) is 4.79 Å². The molecule has 0 spiro atoms. The van der Waals surface area contributed by atoms with Gasteiger partial charge in [0.15, 0.2) is 12.0 Å². The highest BCUT2D eigenvalue weighted by Crippen LogP contribution is 2.30. The highest BCUT2D eigenvalue weighted by molar-refractivity contribution is 5.87. The topological polar surface area (TPSA) is 52.3 Å². The van der Waals surface area contributed by atoms with Gasteiger partial charge in [-0.2, -0.15) is 0 Å². The van der Waals surface area contributed by atoms with Gasteiger partial charge in [0, 0.05) is 23.2 Å². The van der Waals surface area contributed by atoms with Gasteiger partial charge in [0.1, 0.15) is 11.3 Å². The largest absolute Gasteiger partial charge is 0.496 e. The molecule has 2 heterocycles. The molecule has 0 fully saturated rings. The zero-order valence-electron chi connectivity index (χ0n) is 10.3. The van der Waals surface area contributed by atoms with Gasteiger partial charge in [-0.15, -0.1) is 0 Å². The molecule has 94 valence electrons. The second-order valence-corrected chi connectivity index (χ2v) is 4.07. The van der Waals surface area contributed by atoms with Crippen molar-refractivity contribution in [3.05, 3.63) is 48.4 Å². The number of furan rings is 1. The van der Waals surface area contributed by atoms with Crippen molar-refractivity contribution in [1.29, 1.82) is 0 Å². The standard InChI is InChI=1S/C15H11NO3/c1-18-14-5-3-2-4-12(14)13-7-15-10(8-16-13)6-11(9-17)19-15/h2-9H,1H3. The SMILES string of the molecule is COc1ccccc1-c1cc2oc(C=O)cc2cn1. The van der Waals surface area contributed by atoms with Crippen LogP contribution in [0.2, 0.25) is 0 Å². The van der Waals surface area contributed by atoms with E-state index in [1.165, 1.54) is 0 Å². The Hall–Kier alpha value is -2.62. The minimum absolute atomic E-state index is 0.300. The minimum atomic E-state index is 0.300. The average Bonchev–Trinajstić information content (AvgIpc) is 2.89. The van der Waals surface area contributed by atoms with E-state index in [0.29, 0.717) is 17.6 Å². The van der Waals surface area contributed by atoms with Gasteiger partial charge in [0.05, 0.1) is 12.8 Å². The molecule has 0 saturated carbocycles. The highest BCUT2D eigenvalue weighted by atomic mass is 16.5. The third kappa shape index (κ3) is 1.97. The van der Waals surface area contributed by atoms with E-state index in [0.717, 1.165) is 22.4 Å². The molecular weight excluding hydrogens is 242 g/mol. The smallest absolute Gasteiger partial charge is 0.185 e. The van der Waals surface area contributed by atoms with Crippen LogP contribution in [0.25, 0.3) is 22.2 Å². The van der Waals surface area contributed by atoms with Gasteiger partial charge in [-0.1, -0.05) is 12.1 Å². The van der Waals surface area contributed by atoms with Crippen molar-refractivity contribution >= 4 is 17.3 Å². The predicted octanol–water partition coefficient (Wildman–Crippen LogP) is 3.32. The number of carbonyl (C=O) groups is 1. The van der Waals surface area contributed by atoms with Crippen LogP contribution >= 0.6 is 0 Å². The predicted molar refractivity (Wildman–Crippen MR) is 71.4 cm³/mol. The molecule has 0 aliphatic rings. The monoisotopic (exact) mass is 253 g/mol. The molecule has 0 aliphatic carbocycles. The Morgan fingerprint density at radius 2 is 2.11 bits per heavy atom. The molecular formula is C15H11NO3. The van der Waals surface area contributed by atoms with Gasteiger partial charge >= 0.3 is 0 Å². The summed E-state index contributed by atoms with van der Waals surface area (Å²) >= 11 is 0. The van der Waals surface area contributed by atoms with Crippen LogP contribution in [0, 0.1) is 0 Å². The molecule has 0 atom stereocenters. The third-order valence-electron chi connectivity index (χ3n) is 2.92. The average molecular weight is 253 g/mol.